The second-order valence-corrected chi connectivity index (χ2v) is 4.53. The van der Waals surface area contributed by atoms with Crippen LogP contribution in [0.4, 0.5) is 8.78 Å². The molecule has 0 atom stereocenters. The van der Waals surface area contributed by atoms with Gasteiger partial charge < -0.3 is 15.4 Å². The number of rotatable bonds is 6. The largest absolute Gasteiger partial charge is 0.435 e. The summed E-state index contributed by atoms with van der Waals surface area (Å²) in [4.78, 5) is 11.6. The first kappa shape index (κ1) is 13.7. The highest BCUT2D eigenvalue weighted by Crippen LogP contribution is 2.15. The van der Waals surface area contributed by atoms with Crippen molar-refractivity contribution < 1.29 is 18.3 Å². The standard InChI is InChI=1S/C13H16F2N2O2/c14-13(15)19-11-3-1-9(2-4-11)5-12(18)17-8-10-6-16-7-10/h1-4,10,13,16H,5-8H2,(H,17,18). The molecule has 0 radical (unpaired) electrons. The Hall–Kier alpha value is -1.69. The molecule has 0 aliphatic carbocycles. The van der Waals surface area contributed by atoms with Crippen LogP contribution in [0.5, 0.6) is 5.75 Å². The third-order valence-corrected chi connectivity index (χ3v) is 2.97. The molecular weight excluding hydrogens is 254 g/mol. The highest BCUT2D eigenvalue weighted by Gasteiger charge is 2.17. The number of ether oxygens (including phenoxy) is 1. The zero-order chi connectivity index (χ0) is 13.7. The van der Waals surface area contributed by atoms with Crippen LogP contribution in [0, 0.1) is 5.92 Å². The zero-order valence-corrected chi connectivity index (χ0v) is 10.4. The molecule has 1 fully saturated rings. The van der Waals surface area contributed by atoms with E-state index in [1.165, 1.54) is 12.1 Å². The van der Waals surface area contributed by atoms with Gasteiger partial charge in [0.15, 0.2) is 0 Å². The van der Waals surface area contributed by atoms with Crippen LogP contribution in [-0.4, -0.2) is 32.2 Å². The number of nitrogens with one attached hydrogen (secondary N) is 2. The molecule has 0 bridgehead atoms. The molecule has 1 aromatic rings. The Morgan fingerprint density at radius 3 is 2.58 bits per heavy atom. The van der Waals surface area contributed by atoms with E-state index >= 15 is 0 Å². The van der Waals surface area contributed by atoms with E-state index in [1.54, 1.807) is 12.1 Å². The molecule has 2 rings (SSSR count). The van der Waals surface area contributed by atoms with Crippen LogP contribution in [-0.2, 0) is 11.2 Å². The van der Waals surface area contributed by atoms with Gasteiger partial charge in [0.05, 0.1) is 6.42 Å². The van der Waals surface area contributed by atoms with Gasteiger partial charge in [0.25, 0.3) is 0 Å². The predicted octanol–water partition coefficient (Wildman–Crippen LogP) is 1.17. The second kappa shape index (κ2) is 6.47. The number of halogens is 2. The average molecular weight is 270 g/mol. The molecule has 1 amide bonds. The zero-order valence-electron chi connectivity index (χ0n) is 10.4. The molecule has 1 aromatic carbocycles. The first-order valence-corrected chi connectivity index (χ1v) is 6.14. The lowest BCUT2D eigenvalue weighted by atomic mass is 10.0. The van der Waals surface area contributed by atoms with Crippen molar-refractivity contribution in [3.8, 4) is 5.75 Å². The number of benzene rings is 1. The highest BCUT2D eigenvalue weighted by atomic mass is 19.3. The van der Waals surface area contributed by atoms with Gasteiger partial charge in [0.1, 0.15) is 5.75 Å². The topological polar surface area (TPSA) is 50.4 Å². The molecule has 19 heavy (non-hydrogen) atoms. The van der Waals surface area contributed by atoms with Gasteiger partial charge in [-0.3, -0.25) is 4.79 Å². The Labute approximate surface area is 110 Å². The number of alkyl halides is 2. The van der Waals surface area contributed by atoms with Crippen molar-refractivity contribution >= 4 is 5.91 Å². The minimum absolute atomic E-state index is 0.0607. The van der Waals surface area contributed by atoms with Gasteiger partial charge >= 0.3 is 6.61 Å². The molecular formula is C13H16F2N2O2. The van der Waals surface area contributed by atoms with E-state index in [9.17, 15) is 13.6 Å². The predicted molar refractivity (Wildman–Crippen MR) is 66.1 cm³/mol. The van der Waals surface area contributed by atoms with E-state index in [1.807, 2.05) is 0 Å². The number of amides is 1. The van der Waals surface area contributed by atoms with Crippen molar-refractivity contribution in [3.63, 3.8) is 0 Å². The number of hydrogen-bond donors (Lipinski definition) is 2. The molecule has 1 aliphatic rings. The summed E-state index contributed by atoms with van der Waals surface area (Å²) in [6.45, 7) is -0.261. The third kappa shape index (κ3) is 4.48. The summed E-state index contributed by atoms with van der Waals surface area (Å²) < 4.78 is 28.1. The number of carbonyl (C=O) groups is 1. The van der Waals surface area contributed by atoms with Crippen molar-refractivity contribution in [3.05, 3.63) is 29.8 Å². The highest BCUT2D eigenvalue weighted by molar-refractivity contribution is 5.78. The Morgan fingerprint density at radius 2 is 2.05 bits per heavy atom. The van der Waals surface area contributed by atoms with E-state index in [2.05, 4.69) is 15.4 Å². The quantitative estimate of drug-likeness (QED) is 0.815. The van der Waals surface area contributed by atoms with Crippen LogP contribution in [0.1, 0.15) is 5.56 Å². The molecule has 104 valence electrons. The monoisotopic (exact) mass is 270 g/mol. The Kier molecular flexibility index (Phi) is 4.68. The minimum Gasteiger partial charge on any atom is -0.435 e. The molecule has 1 heterocycles. The first-order valence-electron chi connectivity index (χ1n) is 6.14. The normalized spacial score (nSPS) is 15.1. The fraction of sp³-hybridized carbons (Fsp3) is 0.462. The second-order valence-electron chi connectivity index (χ2n) is 4.53. The van der Waals surface area contributed by atoms with Crippen LogP contribution in [0.3, 0.4) is 0 Å². The van der Waals surface area contributed by atoms with Crippen LogP contribution in [0.15, 0.2) is 24.3 Å². The fourth-order valence-corrected chi connectivity index (χ4v) is 1.79. The molecule has 2 N–H and O–H groups in total. The maximum atomic E-state index is 12.0. The number of carbonyl (C=O) groups excluding carboxylic acids is 1. The lowest BCUT2D eigenvalue weighted by molar-refractivity contribution is -0.120. The lowest BCUT2D eigenvalue weighted by Crippen LogP contribution is -2.48. The molecule has 4 nitrogen and oxygen atoms in total. The van der Waals surface area contributed by atoms with Crippen LogP contribution in [0.25, 0.3) is 0 Å². The molecule has 1 saturated heterocycles. The van der Waals surface area contributed by atoms with Gasteiger partial charge in [-0.25, -0.2) is 0 Å². The van der Waals surface area contributed by atoms with Gasteiger partial charge in [-0.15, -0.1) is 0 Å². The van der Waals surface area contributed by atoms with Crippen molar-refractivity contribution in [2.75, 3.05) is 19.6 Å². The van der Waals surface area contributed by atoms with Crippen molar-refractivity contribution in [1.29, 1.82) is 0 Å². The van der Waals surface area contributed by atoms with Gasteiger partial charge in [-0.1, -0.05) is 12.1 Å². The molecule has 0 aromatic heterocycles. The molecule has 1 aliphatic heterocycles. The van der Waals surface area contributed by atoms with E-state index in [0.29, 0.717) is 12.5 Å². The van der Waals surface area contributed by atoms with Crippen LogP contribution in [0.2, 0.25) is 0 Å². The van der Waals surface area contributed by atoms with E-state index in [0.717, 1.165) is 18.7 Å². The smallest absolute Gasteiger partial charge is 0.387 e. The van der Waals surface area contributed by atoms with Gasteiger partial charge in [0, 0.05) is 25.6 Å². The van der Waals surface area contributed by atoms with Gasteiger partial charge in [0.2, 0.25) is 5.91 Å². The molecule has 0 unspecified atom stereocenters. The van der Waals surface area contributed by atoms with E-state index < -0.39 is 6.61 Å². The van der Waals surface area contributed by atoms with E-state index in [-0.39, 0.29) is 18.1 Å². The summed E-state index contributed by atoms with van der Waals surface area (Å²) in [6, 6.07) is 6.10. The maximum Gasteiger partial charge on any atom is 0.387 e. The van der Waals surface area contributed by atoms with Crippen molar-refractivity contribution in [2.45, 2.75) is 13.0 Å². The van der Waals surface area contributed by atoms with Gasteiger partial charge in [-0.2, -0.15) is 8.78 Å². The first-order chi connectivity index (χ1) is 9.13. The molecule has 6 heteroatoms. The molecule has 0 saturated carbocycles. The van der Waals surface area contributed by atoms with Crippen LogP contribution < -0.4 is 15.4 Å². The summed E-state index contributed by atoms with van der Waals surface area (Å²) in [5, 5.41) is 5.98. The third-order valence-electron chi connectivity index (χ3n) is 2.97. The van der Waals surface area contributed by atoms with E-state index in [4.69, 9.17) is 0 Å². The van der Waals surface area contributed by atoms with Crippen molar-refractivity contribution in [2.24, 2.45) is 5.92 Å². The Morgan fingerprint density at radius 1 is 1.37 bits per heavy atom. The fourth-order valence-electron chi connectivity index (χ4n) is 1.79. The Bertz CT molecular complexity index is 419. The average Bonchev–Trinajstić information content (AvgIpc) is 2.29. The maximum absolute atomic E-state index is 12.0. The van der Waals surface area contributed by atoms with Crippen molar-refractivity contribution in [1.82, 2.24) is 10.6 Å². The summed E-state index contributed by atoms with van der Waals surface area (Å²) in [5.74, 6) is 0.555. The molecule has 0 spiro atoms. The van der Waals surface area contributed by atoms with Gasteiger partial charge in [-0.05, 0) is 17.7 Å². The summed E-state index contributed by atoms with van der Waals surface area (Å²) >= 11 is 0. The minimum atomic E-state index is -2.83. The lowest BCUT2D eigenvalue weighted by Gasteiger charge is -2.27. The SMILES string of the molecule is O=C(Cc1ccc(OC(F)F)cc1)NCC1CNC1. The van der Waals surface area contributed by atoms with Crippen LogP contribution >= 0.6 is 0 Å². The Balaban J connectivity index is 1.76. The number of hydrogen-bond acceptors (Lipinski definition) is 3. The summed E-state index contributed by atoms with van der Waals surface area (Å²) in [7, 11) is 0. The summed E-state index contributed by atoms with van der Waals surface area (Å²) in [6.07, 6.45) is 0.245. The summed E-state index contributed by atoms with van der Waals surface area (Å²) in [5.41, 5.74) is 0.769.